The molecule has 1 aliphatic rings. The van der Waals surface area contributed by atoms with E-state index in [0.717, 1.165) is 36.1 Å². The summed E-state index contributed by atoms with van der Waals surface area (Å²) in [5, 5.41) is 5.80. The maximum Gasteiger partial charge on any atom is 0.240 e. The second-order valence-electron chi connectivity index (χ2n) is 6.49. The van der Waals surface area contributed by atoms with E-state index in [1.165, 1.54) is 0 Å². The van der Waals surface area contributed by atoms with Crippen molar-refractivity contribution >= 4 is 28.5 Å². The zero-order valence-corrected chi connectivity index (χ0v) is 14.1. The summed E-state index contributed by atoms with van der Waals surface area (Å²) in [7, 11) is 3.93. The molecule has 0 saturated heterocycles. The van der Waals surface area contributed by atoms with Gasteiger partial charge in [-0.15, -0.1) is 0 Å². The van der Waals surface area contributed by atoms with Crippen molar-refractivity contribution in [3.05, 3.63) is 24.5 Å². The number of fused-ring (bicyclic) bond motifs is 1. The van der Waals surface area contributed by atoms with Gasteiger partial charge in [0, 0.05) is 24.7 Å². The molecule has 1 saturated carbocycles. The summed E-state index contributed by atoms with van der Waals surface area (Å²) < 4.78 is 1.81. The summed E-state index contributed by atoms with van der Waals surface area (Å²) in [4.78, 5) is 30.2. The van der Waals surface area contributed by atoms with E-state index in [0.29, 0.717) is 6.54 Å². The minimum Gasteiger partial charge on any atom is -0.353 e. The number of rotatable bonds is 7. The molecular formula is C17H23N5O2. The third kappa shape index (κ3) is 4.11. The molecule has 2 aromatic rings. The highest BCUT2D eigenvalue weighted by molar-refractivity contribution is 5.95. The fourth-order valence-electron chi connectivity index (χ4n) is 2.49. The van der Waals surface area contributed by atoms with Crippen molar-refractivity contribution in [1.82, 2.24) is 19.8 Å². The number of anilines is 1. The van der Waals surface area contributed by atoms with Crippen molar-refractivity contribution in [3.8, 4) is 0 Å². The van der Waals surface area contributed by atoms with Crippen molar-refractivity contribution in [2.75, 3.05) is 32.5 Å². The molecule has 24 heavy (non-hydrogen) atoms. The fraction of sp³-hybridized carbons (Fsp3) is 0.471. The van der Waals surface area contributed by atoms with E-state index in [1.54, 1.807) is 6.33 Å². The van der Waals surface area contributed by atoms with E-state index in [2.05, 4.69) is 15.6 Å². The molecule has 1 fully saturated rings. The molecule has 3 rings (SSSR count). The van der Waals surface area contributed by atoms with Crippen molar-refractivity contribution in [2.24, 2.45) is 5.92 Å². The molecule has 0 bridgehead atoms. The number of hydrogen-bond acceptors (Lipinski definition) is 4. The molecule has 0 aliphatic heterocycles. The van der Waals surface area contributed by atoms with Gasteiger partial charge in [0.15, 0.2) is 0 Å². The average molecular weight is 329 g/mol. The third-order valence-electron chi connectivity index (χ3n) is 4.03. The Morgan fingerprint density at radius 3 is 2.83 bits per heavy atom. The normalized spacial score (nSPS) is 14.1. The van der Waals surface area contributed by atoms with Crippen LogP contribution in [-0.4, -0.2) is 53.5 Å². The molecule has 7 nitrogen and oxygen atoms in total. The van der Waals surface area contributed by atoms with Crippen LogP contribution >= 0.6 is 0 Å². The topological polar surface area (TPSA) is 79.3 Å². The number of likely N-dealkylation sites (N-methyl/N-ethyl adjacent to an activating group) is 1. The predicted octanol–water partition coefficient (Wildman–Crippen LogP) is 1.06. The van der Waals surface area contributed by atoms with Crippen molar-refractivity contribution < 1.29 is 9.59 Å². The number of carbonyl (C=O) groups is 2. The number of amides is 2. The molecule has 0 unspecified atom stereocenters. The molecule has 1 aliphatic carbocycles. The van der Waals surface area contributed by atoms with Gasteiger partial charge >= 0.3 is 0 Å². The lowest BCUT2D eigenvalue weighted by atomic mass is 10.2. The van der Waals surface area contributed by atoms with Crippen LogP contribution in [0.15, 0.2) is 24.5 Å². The second kappa shape index (κ2) is 7.00. The Labute approximate surface area is 141 Å². The highest BCUT2D eigenvalue weighted by Crippen LogP contribution is 2.30. The highest BCUT2D eigenvalue weighted by atomic mass is 16.2. The summed E-state index contributed by atoms with van der Waals surface area (Å²) in [5.41, 5.74) is 2.40. The van der Waals surface area contributed by atoms with E-state index in [-0.39, 0.29) is 24.3 Å². The van der Waals surface area contributed by atoms with Crippen LogP contribution in [0.5, 0.6) is 0 Å². The van der Waals surface area contributed by atoms with Gasteiger partial charge in [-0.25, -0.2) is 4.98 Å². The minimum absolute atomic E-state index is 0.0396. The van der Waals surface area contributed by atoms with Gasteiger partial charge < -0.3 is 20.1 Å². The lowest BCUT2D eigenvalue weighted by molar-refractivity contribution is -0.121. The second-order valence-corrected chi connectivity index (χ2v) is 6.49. The van der Waals surface area contributed by atoms with Gasteiger partial charge in [-0.3, -0.25) is 9.59 Å². The van der Waals surface area contributed by atoms with Gasteiger partial charge in [-0.05, 0) is 45.1 Å². The number of aromatic nitrogens is 2. The lowest BCUT2D eigenvalue weighted by Gasteiger charge is -2.11. The average Bonchev–Trinajstić information content (AvgIpc) is 3.31. The van der Waals surface area contributed by atoms with Crippen LogP contribution in [0.2, 0.25) is 0 Å². The summed E-state index contributed by atoms with van der Waals surface area (Å²) in [6, 6.07) is 5.58. The molecule has 0 spiro atoms. The van der Waals surface area contributed by atoms with E-state index >= 15 is 0 Å². The first kappa shape index (κ1) is 16.4. The Kier molecular flexibility index (Phi) is 4.80. The minimum atomic E-state index is -0.0396. The molecular weight excluding hydrogens is 306 g/mol. The molecule has 7 heteroatoms. The number of benzene rings is 1. The van der Waals surface area contributed by atoms with E-state index in [4.69, 9.17) is 0 Å². The van der Waals surface area contributed by atoms with Gasteiger partial charge in [0.25, 0.3) is 0 Å². The highest BCUT2D eigenvalue weighted by Gasteiger charge is 2.29. The van der Waals surface area contributed by atoms with Crippen molar-refractivity contribution in [1.29, 1.82) is 0 Å². The number of nitrogens with one attached hydrogen (secondary N) is 2. The number of carbonyl (C=O) groups excluding carboxylic acids is 2. The third-order valence-corrected chi connectivity index (χ3v) is 4.03. The zero-order valence-electron chi connectivity index (χ0n) is 14.1. The molecule has 1 heterocycles. The summed E-state index contributed by atoms with van der Waals surface area (Å²) >= 11 is 0. The van der Waals surface area contributed by atoms with Crippen LogP contribution in [0.3, 0.4) is 0 Å². The first-order valence-electron chi connectivity index (χ1n) is 8.20. The van der Waals surface area contributed by atoms with Crippen molar-refractivity contribution in [2.45, 2.75) is 19.4 Å². The van der Waals surface area contributed by atoms with Gasteiger partial charge in [-0.1, -0.05) is 0 Å². The molecule has 1 aromatic heterocycles. The van der Waals surface area contributed by atoms with Crippen LogP contribution in [0.25, 0.3) is 11.0 Å². The largest absolute Gasteiger partial charge is 0.353 e. The fourth-order valence-corrected chi connectivity index (χ4v) is 2.49. The quantitative estimate of drug-likeness (QED) is 0.796. The first-order chi connectivity index (χ1) is 11.5. The lowest BCUT2D eigenvalue weighted by Crippen LogP contribution is -2.33. The SMILES string of the molecule is CN(C)CCNC(=O)Cn1cnc2cc(NC(=O)C3CC3)ccc21. The van der Waals surface area contributed by atoms with Crippen LogP contribution in [-0.2, 0) is 16.1 Å². The molecule has 0 atom stereocenters. The first-order valence-corrected chi connectivity index (χ1v) is 8.20. The van der Waals surface area contributed by atoms with E-state index < -0.39 is 0 Å². The molecule has 128 valence electrons. The van der Waals surface area contributed by atoms with Gasteiger partial charge in [0.05, 0.1) is 17.4 Å². The smallest absolute Gasteiger partial charge is 0.240 e. The monoisotopic (exact) mass is 329 g/mol. The summed E-state index contributed by atoms with van der Waals surface area (Å²) in [5.74, 6) is 0.209. The molecule has 1 aromatic carbocycles. The Morgan fingerprint density at radius 2 is 2.12 bits per heavy atom. The maximum atomic E-state index is 12.0. The van der Waals surface area contributed by atoms with Crippen molar-refractivity contribution in [3.63, 3.8) is 0 Å². The van der Waals surface area contributed by atoms with Gasteiger partial charge in [0.2, 0.25) is 11.8 Å². The van der Waals surface area contributed by atoms with Gasteiger partial charge in [0.1, 0.15) is 6.54 Å². The molecule has 2 amide bonds. The number of nitrogens with zero attached hydrogens (tertiary/aromatic N) is 3. The Balaban J connectivity index is 1.62. The molecule has 0 radical (unpaired) electrons. The zero-order chi connectivity index (χ0) is 17.1. The summed E-state index contributed by atoms with van der Waals surface area (Å²) in [6.45, 7) is 1.66. The Morgan fingerprint density at radius 1 is 1.33 bits per heavy atom. The predicted molar refractivity (Wildman–Crippen MR) is 92.7 cm³/mol. The standard InChI is InChI=1S/C17H23N5O2/c1-21(2)8-7-18-16(23)10-22-11-19-14-9-13(5-6-15(14)22)20-17(24)12-3-4-12/h5-6,9,11-12H,3-4,7-8,10H2,1-2H3,(H,18,23)(H,20,24). The Hall–Kier alpha value is -2.41. The number of imidazole rings is 1. The molecule has 2 N–H and O–H groups in total. The number of hydrogen-bond donors (Lipinski definition) is 2. The van der Waals surface area contributed by atoms with E-state index in [9.17, 15) is 9.59 Å². The Bertz CT molecular complexity index is 749. The summed E-state index contributed by atoms with van der Waals surface area (Å²) in [6.07, 6.45) is 3.61. The van der Waals surface area contributed by atoms with Crippen LogP contribution in [0.4, 0.5) is 5.69 Å². The van der Waals surface area contributed by atoms with Crippen LogP contribution in [0.1, 0.15) is 12.8 Å². The maximum absolute atomic E-state index is 12.0. The van der Waals surface area contributed by atoms with Gasteiger partial charge in [-0.2, -0.15) is 0 Å². The van der Waals surface area contributed by atoms with E-state index in [1.807, 2.05) is 41.8 Å². The van der Waals surface area contributed by atoms with Crippen LogP contribution < -0.4 is 10.6 Å². The van der Waals surface area contributed by atoms with Crippen LogP contribution in [0, 0.1) is 5.92 Å².